The molecule has 1 saturated heterocycles. The fourth-order valence-corrected chi connectivity index (χ4v) is 4.68. The molecule has 0 N–H and O–H groups in total. The van der Waals surface area contributed by atoms with Gasteiger partial charge in [0.15, 0.2) is 0 Å². The average Bonchev–Trinajstić information content (AvgIpc) is 3.06. The van der Waals surface area contributed by atoms with Gasteiger partial charge in [0.25, 0.3) is 0 Å². The van der Waals surface area contributed by atoms with Gasteiger partial charge in [-0.05, 0) is 50.6 Å². The normalized spacial score (nSPS) is 18.3. The summed E-state index contributed by atoms with van der Waals surface area (Å²) in [6, 6.07) is 19.9. The minimum Gasteiger partial charge on any atom is -0.297 e. The molecule has 0 unspecified atom stereocenters. The van der Waals surface area contributed by atoms with Crippen molar-refractivity contribution in [2.24, 2.45) is 0 Å². The monoisotopic (exact) mass is 322 g/mol. The highest BCUT2D eigenvalue weighted by Crippen LogP contribution is 2.35. The molecule has 2 heterocycles. The Morgan fingerprint density at radius 2 is 1.70 bits per heavy atom. The van der Waals surface area contributed by atoms with Crippen molar-refractivity contribution in [2.45, 2.75) is 31.7 Å². The summed E-state index contributed by atoms with van der Waals surface area (Å²) in [5, 5.41) is 1.33. The van der Waals surface area contributed by atoms with Gasteiger partial charge in [0, 0.05) is 12.0 Å². The van der Waals surface area contributed by atoms with Crippen LogP contribution in [0.4, 0.5) is 0 Å². The Bertz CT molecular complexity index is 739. The average molecular weight is 322 g/mol. The molecule has 0 amide bonds. The van der Waals surface area contributed by atoms with Crippen LogP contribution in [0.5, 0.6) is 0 Å². The summed E-state index contributed by atoms with van der Waals surface area (Å²) >= 11 is 1.88. The van der Waals surface area contributed by atoms with Gasteiger partial charge in [-0.1, -0.05) is 42.5 Å². The largest absolute Gasteiger partial charge is 0.297 e. The van der Waals surface area contributed by atoms with Crippen molar-refractivity contribution >= 4 is 21.6 Å². The Labute approximate surface area is 141 Å². The van der Waals surface area contributed by atoms with Gasteiger partial charge >= 0.3 is 0 Å². The Morgan fingerprint density at radius 3 is 2.43 bits per heavy atom. The van der Waals surface area contributed by atoms with Crippen LogP contribution in [0.3, 0.4) is 0 Å². The Balaban J connectivity index is 1.44. The first kappa shape index (κ1) is 14.9. The van der Waals surface area contributed by atoms with Gasteiger partial charge in [-0.2, -0.15) is 0 Å². The number of nitrogens with zero attached hydrogens (tertiary/aromatic N) is 2. The lowest BCUT2D eigenvalue weighted by Gasteiger charge is -2.35. The van der Waals surface area contributed by atoms with Crippen molar-refractivity contribution in [3.63, 3.8) is 0 Å². The third kappa shape index (κ3) is 3.04. The number of hydrogen-bond donors (Lipinski definition) is 0. The number of rotatable bonds is 3. The molecule has 0 aliphatic carbocycles. The third-order valence-corrected chi connectivity index (χ3v) is 6.22. The highest BCUT2D eigenvalue weighted by Gasteiger charge is 2.26. The number of fused-ring (bicyclic) bond motifs is 1. The van der Waals surface area contributed by atoms with Gasteiger partial charge in [-0.15, -0.1) is 11.3 Å². The van der Waals surface area contributed by atoms with Crippen molar-refractivity contribution in [3.05, 3.63) is 65.2 Å². The maximum Gasteiger partial charge on any atom is 0.0970 e. The van der Waals surface area contributed by atoms with Crippen LogP contribution in [0.25, 0.3) is 10.2 Å². The molecule has 1 fully saturated rings. The summed E-state index contributed by atoms with van der Waals surface area (Å²) in [4.78, 5) is 7.47. The van der Waals surface area contributed by atoms with E-state index in [1.807, 2.05) is 11.3 Å². The zero-order chi connectivity index (χ0) is 15.6. The molecule has 118 valence electrons. The maximum absolute atomic E-state index is 4.86. The summed E-state index contributed by atoms with van der Waals surface area (Å²) in [7, 11) is 0. The molecule has 4 rings (SSSR count). The number of benzene rings is 2. The fraction of sp³-hybridized carbons (Fsp3) is 0.350. The zero-order valence-electron chi connectivity index (χ0n) is 13.5. The van der Waals surface area contributed by atoms with Gasteiger partial charge in [-0.3, -0.25) is 4.90 Å². The van der Waals surface area contributed by atoms with Gasteiger partial charge in [0.2, 0.25) is 0 Å². The second kappa shape index (κ2) is 6.42. The molecule has 0 bridgehead atoms. The topological polar surface area (TPSA) is 16.1 Å². The summed E-state index contributed by atoms with van der Waals surface area (Å²) in [5.74, 6) is 0.631. The van der Waals surface area contributed by atoms with Crippen LogP contribution in [0, 0.1) is 0 Å². The summed E-state index contributed by atoms with van der Waals surface area (Å²) in [6.07, 6.45) is 2.44. The SMILES string of the molecule is C[C@H](c1ccccc1)N1CCC(c2nc3ccccc3s2)CC1. The standard InChI is InChI=1S/C20H22N2S/c1-15(16-7-3-2-4-8-16)22-13-11-17(12-14-22)20-21-18-9-5-6-10-19(18)23-20/h2-10,15,17H,11-14H2,1H3/t15-/m1/s1. The number of aromatic nitrogens is 1. The van der Waals surface area contributed by atoms with Crippen LogP contribution in [0.1, 0.15) is 42.3 Å². The molecule has 1 aromatic heterocycles. The fourth-order valence-electron chi connectivity index (χ4n) is 3.54. The molecule has 0 spiro atoms. The first-order chi connectivity index (χ1) is 11.3. The molecule has 0 saturated carbocycles. The van der Waals surface area contributed by atoms with E-state index in [0.29, 0.717) is 12.0 Å². The van der Waals surface area contributed by atoms with E-state index in [0.717, 1.165) is 18.6 Å². The van der Waals surface area contributed by atoms with Crippen LogP contribution in [0.15, 0.2) is 54.6 Å². The molecule has 3 aromatic rings. The van der Waals surface area contributed by atoms with E-state index in [4.69, 9.17) is 4.98 Å². The highest BCUT2D eigenvalue weighted by molar-refractivity contribution is 7.18. The zero-order valence-corrected chi connectivity index (χ0v) is 14.3. The van der Waals surface area contributed by atoms with Crippen molar-refractivity contribution < 1.29 is 0 Å². The number of likely N-dealkylation sites (tertiary alicyclic amines) is 1. The minimum absolute atomic E-state index is 0.507. The second-order valence-electron chi connectivity index (χ2n) is 6.42. The van der Waals surface area contributed by atoms with E-state index in [1.54, 1.807) is 0 Å². The third-order valence-electron chi connectivity index (χ3n) is 5.02. The van der Waals surface area contributed by atoms with Crippen LogP contribution < -0.4 is 0 Å². The lowest BCUT2D eigenvalue weighted by Crippen LogP contribution is -2.35. The number of piperidine rings is 1. The van der Waals surface area contributed by atoms with Crippen molar-refractivity contribution in [1.82, 2.24) is 9.88 Å². The lowest BCUT2D eigenvalue weighted by atomic mass is 9.95. The van der Waals surface area contributed by atoms with E-state index in [9.17, 15) is 0 Å². The molecule has 1 aliphatic heterocycles. The van der Waals surface area contributed by atoms with E-state index in [2.05, 4.69) is 66.4 Å². The van der Waals surface area contributed by atoms with Crippen LogP contribution >= 0.6 is 11.3 Å². The summed E-state index contributed by atoms with van der Waals surface area (Å²) < 4.78 is 1.32. The molecule has 0 radical (unpaired) electrons. The molecule has 1 aliphatic rings. The molecular weight excluding hydrogens is 300 g/mol. The smallest absolute Gasteiger partial charge is 0.0970 e. The van der Waals surface area contributed by atoms with Crippen LogP contribution in [0.2, 0.25) is 0 Å². The number of thiazole rings is 1. The predicted octanol–water partition coefficient (Wildman–Crippen LogP) is 5.24. The van der Waals surface area contributed by atoms with Crippen LogP contribution in [-0.4, -0.2) is 23.0 Å². The first-order valence-electron chi connectivity index (χ1n) is 8.46. The van der Waals surface area contributed by atoms with Crippen molar-refractivity contribution in [1.29, 1.82) is 0 Å². The summed E-state index contributed by atoms with van der Waals surface area (Å²) in [6.45, 7) is 4.65. The summed E-state index contributed by atoms with van der Waals surface area (Å²) in [5.41, 5.74) is 2.58. The van der Waals surface area contributed by atoms with Gasteiger partial charge in [0.1, 0.15) is 0 Å². The van der Waals surface area contributed by atoms with Crippen molar-refractivity contribution in [2.75, 3.05) is 13.1 Å². The van der Waals surface area contributed by atoms with E-state index < -0.39 is 0 Å². The molecule has 1 atom stereocenters. The highest BCUT2D eigenvalue weighted by atomic mass is 32.1. The number of para-hydroxylation sites is 1. The van der Waals surface area contributed by atoms with Gasteiger partial charge in [0.05, 0.1) is 15.2 Å². The lowest BCUT2D eigenvalue weighted by molar-refractivity contribution is 0.162. The molecule has 2 nitrogen and oxygen atoms in total. The molecule has 3 heteroatoms. The van der Waals surface area contributed by atoms with Crippen molar-refractivity contribution in [3.8, 4) is 0 Å². The first-order valence-corrected chi connectivity index (χ1v) is 9.27. The minimum atomic E-state index is 0.507. The van der Waals surface area contributed by atoms with E-state index in [-0.39, 0.29) is 0 Å². The quantitative estimate of drug-likeness (QED) is 0.656. The Morgan fingerprint density at radius 1 is 1.00 bits per heavy atom. The molecule has 23 heavy (non-hydrogen) atoms. The van der Waals surface area contributed by atoms with Crippen LogP contribution in [-0.2, 0) is 0 Å². The second-order valence-corrected chi connectivity index (χ2v) is 7.48. The molecular formula is C20H22N2S. The Hall–Kier alpha value is -1.71. The molecule has 2 aromatic carbocycles. The van der Waals surface area contributed by atoms with Gasteiger partial charge in [-0.25, -0.2) is 4.98 Å². The van der Waals surface area contributed by atoms with E-state index >= 15 is 0 Å². The maximum atomic E-state index is 4.86. The number of hydrogen-bond acceptors (Lipinski definition) is 3. The Kier molecular flexibility index (Phi) is 4.15. The van der Waals surface area contributed by atoms with E-state index in [1.165, 1.54) is 28.1 Å². The predicted molar refractivity (Wildman–Crippen MR) is 98.0 cm³/mol. The van der Waals surface area contributed by atoms with Gasteiger partial charge < -0.3 is 0 Å².